The van der Waals surface area contributed by atoms with Crippen molar-refractivity contribution in [1.82, 2.24) is 0 Å². The zero-order valence-electron chi connectivity index (χ0n) is 12.6. The molecule has 0 saturated carbocycles. The molecule has 19 heavy (non-hydrogen) atoms. The highest BCUT2D eigenvalue weighted by Crippen LogP contribution is 2.28. The van der Waals surface area contributed by atoms with E-state index < -0.39 is 0 Å². The second kappa shape index (κ2) is 7.76. The zero-order chi connectivity index (χ0) is 14.4. The minimum absolute atomic E-state index is 0.624. The van der Waals surface area contributed by atoms with Crippen molar-refractivity contribution in [2.75, 3.05) is 24.5 Å². The highest BCUT2D eigenvalue weighted by Gasteiger charge is 2.13. The van der Waals surface area contributed by atoms with Crippen LogP contribution < -0.4 is 10.6 Å². The maximum atomic E-state index is 6.44. The molecule has 0 saturated heterocycles. The summed E-state index contributed by atoms with van der Waals surface area (Å²) in [5, 5.41) is 0.840. The molecule has 3 heteroatoms. The van der Waals surface area contributed by atoms with Gasteiger partial charge in [0, 0.05) is 13.1 Å². The normalized spacial score (nSPS) is 11.4. The van der Waals surface area contributed by atoms with Gasteiger partial charge in [-0.15, -0.1) is 0 Å². The molecule has 0 bridgehead atoms. The number of anilines is 1. The highest BCUT2D eigenvalue weighted by atomic mass is 35.5. The monoisotopic (exact) mass is 282 g/mol. The van der Waals surface area contributed by atoms with Crippen LogP contribution in [-0.2, 0) is 6.42 Å². The van der Waals surface area contributed by atoms with Crippen LogP contribution in [-0.4, -0.2) is 19.6 Å². The van der Waals surface area contributed by atoms with Gasteiger partial charge in [-0.05, 0) is 42.5 Å². The third kappa shape index (κ3) is 5.42. The van der Waals surface area contributed by atoms with E-state index in [-0.39, 0.29) is 0 Å². The van der Waals surface area contributed by atoms with E-state index >= 15 is 0 Å². The van der Waals surface area contributed by atoms with Crippen molar-refractivity contribution in [3.8, 4) is 0 Å². The molecule has 0 aromatic heterocycles. The molecular formula is C16H27ClN2. The summed E-state index contributed by atoms with van der Waals surface area (Å²) in [7, 11) is 0. The SMILES string of the molecule is CC(C)CN(CC(C)C)c1ccc(CCN)cc1Cl. The fraction of sp³-hybridized carbons (Fsp3) is 0.625. The van der Waals surface area contributed by atoms with Crippen LogP contribution in [0.1, 0.15) is 33.3 Å². The number of hydrogen-bond donors (Lipinski definition) is 1. The first-order valence-corrected chi connectivity index (χ1v) is 7.55. The van der Waals surface area contributed by atoms with Gasteiger partial charge in [0.15, 0.2) is 0 Å². The fourth-order valence-electron chi connectivity index (χ4n) is 2.28. The largest absolute Gasteiger partial charge is 0.370 e. The summed E-state index contributed by atoms with van der Waals surface area (Å²) in [6, 6.07) is 6.33. The number of benzene rings is 1. The van der Waals surface area contributed by atoms with E-state index in [1.54, 1.807) is 0 Å². The average molecular weight is 283 g/mol. The van der Waals surface area contributed by atoms with Crippen molar-refractivity contribution >= 4 is 17.3 Å². The molecule has 0 amide bonds. The molecule has 0 heterocycles. The number of rotatable bonds is 7. The van der Waals surface area contributed by atoms with Gasteiger partial charge in [0.1, 0.15) is 0 Å². The Labute approximate surface area is 122 Å². The molecular weight excluding hydrogens is 256 g/mol. The molecule has 0 atom stereocenters. The Kier molecular flexibility index (Phi) is 6.67. The standard InChI is InChI=1S/C16H27ClN2/c1-12(2)10-19(11-13(3)4)16-6-5-14(7-8-18)9-15(16)17/h5-6,9,12-13H,7-8,10-11,18H2,1-4H3. The summed E-state index contributed by atoms with van der Waals surface area (Å²) < 4.78 is 0. The summed E-state index contributed by atoms with van der Waals surface area (Å²) in [6.07, 6.45) is 0.883. The maximum absolute atomic E-state index is 6.44. The number of halogens is 1. The molecule has 0 aliphatic heterocycles. The first-order chi connectivity index (χ1) is 8.93. The predicted octanol–water partition coefficient (Wildman–Crippen LogP) is 3.96. The van der Waals surface area contributed by atoms with E-state index in [0.29, 0.717) is 18.4 Å². The molecule has 0 aliphatic rings. The van der Waals surface area contributed by atoms with E-state index in [4.69, 9.17) is 17.3 Å². The molecule has 2 N–H and O–H groups in total. The molecule has 1 rings (SSSR count). The third-order valence-corrected chi connectivity index (χ3v) is 3.26. The van der Waals surface area contributed by atoms with Gasteiger partial charge in [-0.1, -0.05) is 45.4 Å². The van der Waals surface area contributed by atoms with Crippen LogP contribution in [0.4, 0.5) is 5.69 Å². The quantitative estimate of drug-likeness (QED) is 0.820. The first kappa shape index (κ1) is 16.3. The van der Waals surface area contributed by atoms with Gasteiger partial charge in [-0.2, -0.15) is 0 Å². The Morgan fingerprint density at radius 2 is 1.68 bits per heavy atom. The van der Waals surface area contributed by atoms with E-state index in [1.807, 2.05) is 0 Å². The fourth-order valence-corrected chi connectivity index (χ4v) is 2.60. The Bertz CT molecular complexity index is 378. The topological polar surface area (TPSA) is 29.3 Å². The van der Waals surface area contributed by atoms with Crippen LogP contribution in [0.15, 0.2) is 18.2 Å². The zero-order valence-corrected chi connectivity index (χ0v) is 13.4. The molecule has 0 unspecified atom stereocenters. The number of nitrogens with two attached hydrogens (primary N) is 1. The van der Waals surface area contributed by atoms with Crippen LogP contribution >= 0.6 is 11.6 Å². The van der Waals surface area contributed by atoms with Crippen LogP contribution in [0.3, 0.4) is 0 Å². The van der Waals surface area contributed by atoms with Gasteiger partial charge in [-0.3, -0.25) is 0 Å². The van der Waals surface area contributed by atoms with E-state index in [1.165, 1.54) is 5.56 Å². The van der Waals surface area contributed by atoms with Gasteiger partial charge < -0.3 is 10.6 Å². The lowest BCUT2D eigenvalue weighted by molar-refractivity contribution is 0.553. The smallest absolute Gasteiger partial charge is 0.0642 e. The van der Waals surface area contributed by atoms with Gasteiger partial charge in [0.05, 0.1) is 10.7 Å². The van der Waals surface area contributed by atoms with Crippen molar-refractivity contribution in [1.29, 1.82) is 0 Å². The van der Waals surface area contributed by atoms with E-state index in [0.717, 1.165) is 30.2 Å². The summed E-state index contributed by atoms with van der Waals surface area (Å²) in [4.78, 5) is 2.39. The third-order valence-electron chi connectivity index (χ3n) is 2.96. The molecule has 1 aromatic rings. The van der Waals surface area contributed by atoms with Crippen LogP contribution in [0.2, 0.25) is 5.02 Å². The number of nitrogens with zero attached hydrogens (tertiary/aromatic N) is 1. The highest BCUT2D eigenvalue weighted by molar-refractivity contribution is 6.33. The van der Waals surface area contributed by atoms with Crippen LogP contribution in [0.5, 0.6) is 0 Å². The number of hydrogen-bond acceptors (Lipinski definition) is 2. The van der Waals surface area contributed by atoms with Crippen molar-refractivity contribution in [3.05, 3.63) is 28.8 Å². The van der Waals surface area contributed by atoms with E-state index in [9.17, 15) is 0 Å². The average Bonchev–Trinajstić information content (AvgIpc) is 2.27. The molecule has 0 fully saturated rings. The van der Waals surface area contributed by atoms with Crippen molar-refractivity contribution in [2.45, 2.75) is 34.1 Å². The minimum atomic E-state index is 0.624. The Morgan fingerprint density at radius 3 is 2.11 bits per heavy atom. The lowest BCUT2D eigenvalue weighted by Gasteiger charge is -2.29. The molecule has 108 valence electrons. The lowest BCUT2D eigenvalue weighted by atomic mass is 10.1. The Balaban J connectivity index is 2.94. The van der Waals surface area contributed by atoms with Crippen LogP contribution in [0.25, 0.3) is 0 Å². The second-order valence-corrected chi connectivity index (χ2v) is 6.42. The van der Waals surface area contributed by atoms with Crippen molar-refractivity contribution < 1.29 is 0 Å². The predicted molar refractivity (Wildman–Crippen MR) is 86.1 cm³/mol. The molecule has 0 radical (unpaired) electrons. The Morgan fingerprint density at radius 1 is 1.11 bits per heavy atom. The minimum Gasteiger partial charge on any atom is -0.370 e. The van der Waals surface area contributed by atoms with Crippen molar-refractivity contribution in [3.63, 3.8) is 0 Å². The van der Waals surface area contributed by atoms with Crippen molar-refractivity contribution in [2.24, 2.45) is 17.6 Å². The van der Waals surface area contributed by atoms with E-state index in [2.05, 4.69) is 50.8 Å². The summed E-state index contributed by atoms with van der Waals surface area (Å²) in [6.45, 7) is 11.7. The molecule has 0 aliphatic carbocycles. The van der Waals surface area contributed by atoms with Crippen LogP contribution in [0, 0.1) is 11.8 Å². The lowest BCUT2D eigenvalue weighted by Crippen LogP contribution is -2.31. The van der Waals surface area contributed by atoms with Gasteiger partial charge in [0.2, 0.25) is 0 Å². The molecule has 2 nitrogen and oxygen atoms in total. The second-order valence-electron chi connectivity index (χ2n) is 6.02. The first-order valence-electron chi connectivity index (χ1n) is 7.17. The van der Waals surface area contributed by atoms with Gasteiger partial charge in [0.25, 0.3) is 0 Å². The summed E-state index contributed by atoms with van der Waals surface area (Å²) in [5.41, 5.74) is 7.94. The maximum Gasteiger partial charge on any atom is 0.0642 e. The summed E-state index contributed by atoms with van der Waals surface area (Å²) >= 11 is 6.44. The van der Waals surface area contributed by atoms with Gasteiger partial charge in [-0.25, -0.2) is 0 Å². The molecule has 1 aromatic carbocycles. The summed E-state index contributed by atoms with van der Waals surface area (Å²) in [5.74, 6) is 1.25. The Hall–Kier alpha value is -0.730. The molecule has 0 spiro atoms. The van der Waals surface area contributed by atoms with Gasteiger partial charge >= 0.3 is 0 Å².